The van der Waals surface area contributed by atoms with Gasteiger partial charge in [-0.15, -0.1) is 0 Å². The predicted molar refractivity (Wildman–Crippen MR) is 77.5 cm³/mol. The van der Waals surface area contributed by atoms with Gasteiger partial charge in [0.2, 0.25) is 0 Å². The van der Waals surface area contributed by atoms with E-state index in [2.05, 4.69) is 0 Å². The molecule has 0 aliphatic rings. The first-order valence-corrected chi connectivity index (χ1v) is 6.13. The average Bonchev–Trinajstić information content (AvgIpc) is 2.45. The van der Waals surface area contributed by atoms with Crippen molar-refractivity contribution in [3.63, 3.8) is 0 Å². The topological polar surface area (TPSA) is 26.3 Å². The first-order valence-electron chi connectivity index (χ1n) is 6.13. The van der Waals surface area contributed by atoms with E-state index in [1.54, 1.807) is 25.3 Å². The Morgan fingerprint density at radius 2 is 1.89 bits per heavy atom. The van der Waals surface area contributed by atoms with Crippen molar-refractivity contribution in [3.8, 4) is 5.75 Å². The van der Waals surface area contributed by atoms with E-state index in [-0.39, 0.29) is 5.78 Å². The molecule has 0 spiro atoms. The van der Waals surface area contributed by atoms with Crippen molar-refractivity contribution in [1.29, 1.82) is 0 Å². The smallest absolute Gasteiger partial charge is 0.189 e. The normalized spacial score (nSPS) is 10.6. The van der Waals surface area contributed by atoms with Gasteiger partial charge in [0.1, 0.15) is 5.75 Å². The maximum Gasteiger partial charge on any atom is 0.189 e. The van der Waals surface area contributed by atoms with E-state index in [0.717, 1.165) is 5.56 Å². The highest BCUT2D eigenvalue weighted by Gasteiger charge is 2.07. The monoisotopic (exact) mass is 252 g/mol. The third kappa shape index (κ3) is 3.32. The van der Waals surface area contributed by atoms with Crippen LogP contribution >= 0.6 is 0 Å². The number of rotatable bonds is 4. The summed E-state index contributed by atoms with van der Waals surface area (Å²) >= 11 is 0. The molecule has 2 nitrogen and oxygen atoms in total. The second-order valence-electron chi connectivity index (χ2n) is 4.31. The summed E-state index contributed by atoms with van der Waals surface area (Å²) in [4.78, 5) is 12.1. The highest BCUT2D eigenvalue weighted by Crippen LogP contribution is 2.18. The number of carbonyl (C=O) groups excluding carboxylic acids is 1. The largest absolute Gasteiger partial charge is 0.496 e. The molecule has 2 aromatic carbocycles. The number of carbonyl (C=O) groups is 1. The number of allylic oxidation sites excluding steroid dienone is 1. The van der Waals surface area contributed by atoms with Gasteiger partial charge in [0.05, 0.1) is 12.7 Å². The number of benzene rings is 2. The van der Waals surface area contributed by atoms with Gasteiger partial charge in [0, 0.05) is 0 Å². The number of ether oxygens (including phenoxy) is 1. The summed E-state index contributed by atoms with van der Waals surface area (Å²) in [5.41, 5.74) is 2.77. The van der Waals surface area contributed by atoms with Crippen LogP contribution < -0.4 is 4.74 Å². The Balaban J connectivity index is 2.21. The van der Waals surface area contributed by atoms with E-state index < -0.39 is 0 Å². The van der Waals surface area contributed by atoms with Crippen LogP contribution in [0.2, 0.25) is 0 Å². The van der Waals surface area contributed by atoms with Gasteiger partial charge in [-0.05, 0) is 30.7 Å². The molecule has 2 heteroatoms. The SMILES string of the molecule is COc1ccccc1C(=O)C=Cc1cccc(C)c1. The fourth-order valence-corrected chi connectivity index (χ4v) is 1.88. The van der Waals surface area contributed by atoms with Crippen molar-refractivity contribution < 1.29 is 9.53 Å². The van der Waals surface area contributed by atoms with Crippen LogP contribution in [0.5, 0.6) is 5.75 Å². The minimum Gasteiger partial charge on any atom is -0.496 e. The fourth-order valence-electron chi connectivity index (χ4n) is 1.88. The molecule has 0 aliphatic carbocycles. The molecular formula is C17H16O2. The van der Waals surface area contributed by atoms with Gasteiger partial charge in [-0.25, -0.2) is 0 Å². The molecule has 0 fully saturated rings. The van der Waals surface area contributed by atoms with Crippen LogP contribution in [0, 0.1) is 6.92 Å². The Morgan fingerprint density at radius 3 is 2.63 bits per heavy atom. The van der Waals surface area contributed by atoms with Crippen molar-refractivity contribution >= 4 is 11.9 Å². The minimum absolute atomic E-state index is 0.0565. The Labute approximate surface area is 113 Å². The molecule has 19 heavy (non-hydrogen) atoms. The Kier molecular flexibility index (Phi) is 4.14. The molecule has 0 N–H and O–H groups in total. The van der Waals surface area contributed by atoms with Gasteiger partial charge in [-0.1, -0.05) is 48.0 Å². The molecular weight excluding hydrogens is 236 g/mol. The summed E-state index contributed by atoms with van der Waals surface area (Å²) in [5, 5.41) is 0. The molecule has 0 amide bonds. The number of para-hydroxylation sites is 1. The lowest BCUT2D eigenvalue weighted by molar-refractivity contribution is 0.104. The lowest BCUT2D eigenvalue weighted by atomic mass is 10.1. The van der Waals surface area contributed by atoms with Crippen LogP contribution in [0.1, 0.15) is 21.5 Å². The predicted octanol–water partition coefficient (Wildman–Crippen LogP) is 3.90. The molecule has 96 valence electrons. The van der Waals surface area contributed by atoms with Gasteiger partial charge in [-0.2, -0.15) is 0 Å². The molecule has 2 rings (SSSR count). The number of ketones is 1. The van der Waals surface area contributed by atoms with Crippen LogP contribution in [0.4, 0.5) is 0 Å². The van der Waals surface area contributed by atoms with E-state index in [1.807, 2.05) is 49.4 Å². The summed E-state index contributed by atoms with van der Waals surface area (Å²) in [6.07, 6.45) is 3.40. The molecule has 0 unspecified atom stereocenters. The lowest BCUT2D eigenvalue weighted by Crippen LogP contribution is -1.98. The van der Waals surface area contributed by atoms with E-state index in [0.29, 0.717) is 11.3 Å². The third-order valence-corrected chi connectivity index (χ3v) is 2.84. The highest BCUT2D eigenvalue weighted by atomic mass is 16.5. The number of hydrogen-bond acceptors (Lipinski definition) is 2. The maximum absolute atomic E-state index is 12.1. The van der Waals surface area contributed by atoms with E-state index in [9.17, 15) is 4.79 Å². The third-order valence-electron chi connectivity index (χ3n) is 2.84. The zero-order valence-corrected chi connectivity index (χ0v) is 11.1. The average molecular weight is 252 g/mol. The van der Waals surface area contributed by atoms with Gasteiger partial charge in [-0.3, -0.25) is 4.79 Å². The van der Waals surface area contributed by atoms with Crippen LogP contribution in [-0.2, 0) is 0 Å². The van der Waals surface area contributed by atoms with Crippen molar-refractivity contribution in [2.45, 2.75) is 6.92 Å². The number of aryl methyl sites for hydroxylation is 1. The van der Waals surface area contributed by atoms with Gasteiger partial charge < -0.3 is 4.74 Å². The molecule has 0 aliphatic heterocycles. The minimum atomic E-state index is -0.0565. The summed E-state index contributed by atoms with van der Waals surface area (Å²) in [7, 11) is 1.57. The second kappa shape index (κ2) is 6.01. The molecule has 0 saturated heterocycles. The molecule has 0 heterocycles. The lowest BCUT2D eigenvalue weighted by Gasteiger charge is -2.04. The van der Waals surface area contributed by atoms with E-state index >= 15 is 0 Å². The maximum atomic E-state index is 12.1. The Hall–Kier alpha value is -2.35. The first kappa shape index (κ1) is 13.1. The van der Waals surface area contributed by atoms with Crippen LogP contribution in [0.25, 0.3) is 6.08 Å². The summed E-state index contributed by atoms with van der Waals surface area (Å²) < 4.78 is 5.18. The van der Waals surface area contributed by atoms with Gasteiger partial charge >= 0.3 is 0 Å². The zero-order chi connectivity index (χ0) is 13.7. The molecule has 0 radical (unpaired) electrons. The zero-order valence-electron chi connectivity index (χ0n) is 11.1. The molecule has 0 saturated carbocycles. The van der Waals surface area contributed by atoms with E-state index in [1.165, 1.54) is 5.56 Å². The van der Waals surface area contributed by atoms with Crippen molar-refractivity contribution in [2.75, 3.05) is 7.11 Å². The quantitative estimate of drug-likeness (QED) is 0.609. The van der Waals surface area contributed by atoms with Gasteiger partial charge in [0.25, 0.3) is 0 Å². The number of methoxy groups -OCH3 is 1. The Morgan fingerprint density at radius 1 is 1.11 bits per heavy atom. The second-order valence-corrected chi connectivity index (χ2v) is 4.31. The fraction of sp³-hybridized carbons (Fsp3) is 0.118. The van der Waals surface area contributed by atoms with Crippen LogP contribution in [0.3, 0.4) is 0 Å². The molecule has 0 atom stereocenters. The van der Waals surface area contributed by atoms with E-state index in [4.69, 9.17) is 4.74 Å². The van der Waals surface area contributed by atoms with Crippen molar-refractivity contribution in [2.24, 2.45) is 0 Å². The van der Waals surface area contributed by atoms with Crippen LogP contribution in [-0.4, -0.2) is 12.9 Å². The molecule has 0 bridgehead atoms. The number of hydrogen-bond donors (Lipinski definition) is 0. The van der Waals surface area contributed by atoms with Crippen molar-refractivity contribution in [1.82, 2.24) is 0 Å². The molecule has 0 aromatic heterocycles. The summed E-state index contributed by atoms with van der Waals surface area (Å²) in [6, 6.07) is 15.2. The first-order chi connectivity index (χ1) is 9.20. The Bertz CT molecular complexity index is 612. The van der Waals surface area contributed by atoms with Crippen LogP contribution in [0.15, 0.2) is 54.6 Å². The van der Waals surface area contributed by atoms with Gasteiger partial charge in [0.15, 0.2) is 5.78 Å². The summed E-state index contributed by atoms with van der Waals surface area (Å²) in [5.74, 6) is 0.542. The standard InChI is InChI=1S/C17H16O2/c1-13-6-5-7-14(12-13)10-11-16(18)15-8-3-4-9-17(15)19-2/h3-12H,1-2H3. The highest BCUT2D eigenvalue weighted by molar-refractivity contribution is 6.08. The van der Waals surface area contributed by atoms with Crippen molar-refractivity contribution in [3.05, 3.63) is 71.3 Å². The summed E-state index contributed by atoms with van der Waals surface area (Å²) in [6.45, 7) is 2.03. The molecule has 2 aromatic rings.